The van der Waals surface area contributed by atoms with E-state index in [1.54, 1.807) is 6.92 Å². The Morgan fingerprint density at radius 1 is 1.19 bits per heavy atom. The second kappa shape index (κ2) is 8.05. The first-order chi connectivity index (χ1) is 12.5. The number of hydrogen-bond acceptors (Lipinski definition) is 4. The van der Waals surface area contributed by atoms with Crippen molar-refractivity contribution in [1.29, 1.82) is 0 Å². The van der Waals surface area contributed by atoms with Crippen LogP contribution < -0.4 is 11.0 Å². The summed E-state index contributed by atoms with van der Waals surface area (Å²) in [6.07, 6.45) is 0. The molecule has 1 aromatic heterocycles. The topological polar surface area (TPSA) is 79.8 Å². The fourth-order valence-corrected chi connectivity index (χ4v) is 3.31. The van der Waals surface area contributed by atoms with Crippen LogP contribution in [0.1, 0.15) is 18.1 Å². The van der Waals surface area contributed by atoms with Gasteiger partial charge in [0.2, 0.25) is 5.91 Å². The molecule has 0 spiro atoms. The molecule has 1 unspecified atom stereocenters. The Balaban J connectivity index is 1.71. The van der Waals surface area contributed by atoms with Crippen LogP contribution in [0.3, 0.4) is 0 Å². The Hall–Kier alpha value is -2.80. The number of aryl methyl sites for hydroxylation is 1. The van der Waals surface area contributed by atoms with Gasteiger partial charge in [-0.25, -0.2) is 9.89 Å². The number of nitrogens with zero attached hydrogens (tertiary/aromatic N) is 2. The number of thioether (sulfide) groups is 1. The van der Waals surface area contributed by atoms with Crippen molar-refractivity contribution in [2.75, 3.05) is 5.32 Å². The molecular weight excluding hydrogens is 348 g/mol. The van der Waals surface area contributed by atoms with Crippen LogP contribution in [-0.4, -0.2) is 25.9 Å². The predicted molar refractivity (Wildman–Crippen MR) is 104 cm³/mol. The van der Waals surface area contributed by atoms with Crippen molar-refractivity contribution in [1.82, 2.24) is 14.8 Å². The average Bonchev–Trinajstić information content (AvgIpc) is 2.98. The molecule has 3 aromatic rings. The van der Waals surface area contributed by atoms with E-state index in [1.807, 2.05) is 61.5 Å². The fraction of sp³-hybridized carbons (Fsp3) is 0.211. The fourth-order valence-electron chi connectivity index (χ4n) is 2.46. The monoisotopic (exact) mass is 368 g/mol. The number of aromatic nitrogens is 3. The first-order valence-electron chi connectivity index (χ1n) is 8.27. The van der Waals surface area contributed by atoms with Gasteiger partial charge in [-0.3, -0.25) is 9.36 Å². The lowest BCUT2D eigenvalue weighted by Gasteiger charge is -2.13. The summed E-state index contributed by atoms with van der Waals surface area (Å²) in [4.78, 5) is 24.6. The molecule has 2 aromatic carbocycles. The first-order valence-corrected chi connectivity index (χ1v) is 9.15. The SMILES string of the molecule is Cc1ccccc1NC(=O)C(C)Sc1n[nH]c(=O)n1Cc1ccccc1. The molecular formula is C19H20N4O2S. The number of benzene rings is 2. The summed E-state index contributed by atoms with van der Waals surface area (Å²) < 4.78 is 1.54. The summed E-state index contributed by atoms with van der Waals surface area (Å²) >= 11 is 1.25. The van der Waals surface area contributed by atoms with Crippen molar-refractivity contribution in [2.24, 2.45) is 0 Å². The summed E-state index contributed by atoms with van der Waals surface area (Å²) in [5.41, 5.74) is 2.49. The highest BCUT2D eigenvalue weighted by molar-refractivity contribution is 8.00. The zero-order valence-electron chi connectivity index (χ0n) is 14.6. The van der Waals surface area contributed by atoms with Gasteiger partial charge in [0, 0.05) is 5.69 Å². The van der Waals surface area contributed by atoms with Crippen LogP contribution in [-0.2, 0) is 11.3 Å². The molecule has 0 saturated heterocycles. The number of hydrogen-bond donors (Lipinski definition) is 2. The Labute approximate surface area is 155 Å². The summed E-state index contributed by atoms with van der Waals surface area (Å²) in [5.74, 6) is -0.133. The minimum Gasteiger partial charge on any atom is -0.325 e. The third-order valence-electron chi connectivity index (χ3n) is 3.96. The van der Waals surface area contributed by atoms with E-state index < -0.39 is 5.25 Å². The highest BCUT2D eigenvalue weighted by atomic mass is 32.2. The molecule has 0 radical (unpaired) electrons. The van der Waals surface area contributed by atoms with Crippen LogP contribution in [0.5, 0.6) is 0 Å². The standard InChI is InChI=1S/C19H20N4O2S/c1-13-8-6-7-11-16(13)20-17(24)14(2)26-19-22-21-18(25)23(19)12-15-9-4-3-5-10-15/h3-11,14H,12H2,1-2H3,(H,20,24)(H,21,25). The van der Waals surface area contributed by atoms with Gasteiger partial charge in [0.05, 0.1) is 11.8 Å². The van der Waals surface area contributed by atoms with Gasteiger partial charge < -0.3 is 5.32 Å². The molecule has 3 rings (SSSR count). The maximum atomic E-state index is 12.5. The van der Waals surface area contributed by atoms with E-state index in [2.05, 4.69) is 15.5 Å². The van der Waals surface area contributed by atoms with Crippen LogP contribution in [0, 0.1) is 6.92 Å². The zero-order valence-corrected chi connectivity index (χ0v) is 15.4. The number of amides is 1. The number of nitrogens with one attached hydrogen (secondary N) is 2. The third-order valence-corrected chi connectivity index (χ3v) is 5.05. The maximum absolute atomic E-state index is 12.5. The average molecular weight is 368 g/mol. The van der Waals surface area contributed by atoms with Crippen molar-refractivity contribution >= 4 is 23.4 Å². The molecule has 0 saturated carbocycles. The Morgan fingerprint density at radius 2 is 1.88 bits per heavy atom. The van der Waals surface area contributed by atoms with E-state index in [4.69, 9.17) is 0 Å². The molecule has 0 aliphatic rings. The minimum absolute atomic E-state index is 0.133. The number of rotatable bonds is 6. The van der Waals surface area contributed by atoms with Crippen molar-refractivity contribution in [2.45, 2.75) is 30.8 Å². The van der Waals surface area contributed by atoms with Crippen LogP contribution >= 0.6 is 11.8 Å². The van der Waals surface area contributed by atoms with Crippen LogP contribution in [0.15, 0.2) is 64.5 Å². The van der Waals surface area contributed by atoms with E-state index in [-0.39, 0.29) is 11.6 Å². The number of anilines is 1. The molecule has 0 bridgehead atoms. The summed E-state index contributed by atoms with van der Waals surface area (Å²) in [6, 6.07) is 17.3. The number of carbonyl (C=O) groups is 1. The van der Waals surface area contributed by atoms with Gasteiger partial charge in [0.15, 0.2) is 5.16 Å². The maximum Gasteiger partial charge on any atom is 0.344 e. The Kier molecular flexibility index (Phi) is 5.58. The van der Waals surface area contributed by atoms with Crippen molar-refractivity contribution < 1.29 is 4.79 Å². The van der Waals surface area contributed by atoms with Crippen LogP contribution in [0.4, 0.5) is 5.69 Å². The smallest absolute Gasteiger partial charge is 0.325 e. The largest absolute Gasteiger partial charge is 0.344 e. The third kappa shape index (κ3) is 4.23. The molecule has 0 fully saturated rings. The van der Waals surface area contributed by atoms with Gasteiger partial charge >= 0.3 is 5.69 Å². The molecule has 2 N–H and O–H groups in total. The van der Waals surface area contributed by atoms with E-state index >= 15 is 0 Å². The van der Waals surface area contributed by atoms with Crippen molar-refractivity contribution in [3.63, 3.8) is 0 Å². The second-order valence-electron chi connectivity index (χ2n) is 5.95. The highest BCUT2D eigenvalue weighted by Gasteiger charge is 2.19. The number of aromatic amines is 1. The number of para-hydroxylation sites is 1. The molecule has 6 nitrogen and oxygen atoms in total. The van der Waals surface area contributed by atoms with Gasteiger partial charge in [0.25, 0.3) is 0 Å². The van der Waals surface area contributed by atoms with Gasteiger partial charge in [-0.1, -0.05) is 60.3 Å². The van der Waals surface area contributed by atoms with Crippen molar-refractivity contribution in [3.8, 4) is 0 Å². The summed E-state index contributed by atoms with van der Waals surface area (Å²) in [5, 5.41) is 9.54. The molecule has 26 heavy (non-hydrogen) atoms. The molecule has 0 aliphatic carbocycles. The lowest BCUT2D eigenvalue weighted by atomic mass is 10.2. The van der Waals surface area contributed by atoms with Gasteiger partial charge in [-0.2, -0.15) is 0 Å². The summed E-state index contributed by atoms with van der Waals surface area (Å²) in [7, 11) is 0. The molecule has 7 heteroatoms. The number of carbonyl (C=O) groups excluding carboxylic acids is 1. The first kappa shape index (κ1) is 18.0. The van der Waals surface area contributed by atoms with Crippen LogP contribution in [0.25, 0.3) is 0 Å². The number of H-pyrrole nitrogens is 1. The van der Waals surface area contributed by atoms with E-state index in [1.165, 1.54) is 16.3 Å². The van der Waals surface area contributed by atoms with E-state index in [0.717, 1.165) is 16.8 Å². The lowest BCUT2D eigenvalue weighted by Crippen LogP contribution is -2.24. The van der Waals surface area contributed by atoms with Gasteiger partial charge in [0.1, 0.15) is 0 Å². The Bertz CT molecular complexity index is 949. The van der Waals surface area contributed by atoms with E-state index in [0.29, 0.717) is 11.7 Å². The lowest BCUT2D eigenvalue weighted by molar-refractivity contribution is -0.115. The second-order valence-corrected chi connectivity index (χ2v) is 7.26. The Morgan fingerprint density at radius 3 is 2.62 bits per heavy atom. The molecule has 1 atom stereocenters. The predicted octanol–water partition coefficient (Wildman–Crippen LogP) is 3.05. The quantitative estimate of drug-likeness (QED) is 0.656. The van der Waals surface area contributed by atoms with Crippen LogP contribution in [0.2, 0.25) is 0 Å². The zero-order chi connectivity index (χ0) is 18.5. The normalized spacial score (nSPS) is 11.9. The molecule has 1 amide bonds. The molecule has 1 heterocycles. The van der Waals surface area contributed by atoms with Crippen molar-refractivity contribution in [3.05, 3.63) is 76.2 Å². The molecule has 0 aliphatic heterocycles. The van der Waals surface area contributed by atoms with Gasteiger partial charge in [-0.15, -0.1) is 5.10 Å². The van der Waals surface area contributed by atoms with Gasteiger partial charge in [-0.05, 0) is 31.0 Å². The highest BCUT2D eigenvalue weighted by Crippen LogP contribution is 2.22. The summed E-state index contributed by atoms with van der Waals surface area (Å²) in [6.45, 7) is 4.15. The van der Waals surface area contributed by atoms with E-state index in [9.17, 15) is 9.59 Å². The minimum atomic E-state index is -0.403. The molecule has 134 valence electrons.